The second-order valence-corrected chi connectivity index (χ2v) is 8.26. The summed E-state index contributed by atoms with van der Waals surface area (Å²) in [5, 5.41) is 0.626. The van der Waals surface area contributed by atoms with Gasteiger partial charge in [-0.3, -0.25) is 0 Å². The van der Waals surface area contributed by atoms with E-state index in [9.17, 15) is 4.79 Å². The average molecular weight is 415 g/mol. The summed E-state index contributed by atoms with van der Waals surface area (Å²) in [6.45, 7) is 0. The molecule has 0 radical (unpaired) electrons. The topological polar surface area (TPSA) is 29.5 Å². The normalized spacial score (nSPS) is 12.3. The first kappa shape index (κ1) is 16.2. The standard InChI is InChI=1S/C20H14ClNO2Se/c1-24-15-9-6-13(7-10-15)20(23)22-16-4-2-3-5-18(16)25-19-11-8-14(21)12-17(19)22/h2-12H,1H3. The zero-order chi connectivity index (χ0) is 17.4. The predicted molar refractivity (Wildman–Crippen MR) is 102 cm³/mol. The van der Waals surface area contributed by atoms with Crippen LogP contribution in [0.5, 0.6) is 5.75 Å². The molecule has 0 aromatic heterocycles. The zero-order valence-corrected chi connectivity index (χ0v) is 15.9. The molecule has 4 rings (SSSR count). The van der Waals surface area contributed by atoms with E-state index in [1.165, 1.54) is 4.46 Å². The fourth-order valence-electron chi connectivity index (χ4n) is 2.81. The van der Waals surface area contributed by atoms with E-state index in [2.05, 4.69) is 6.07 Å². The molecule has 5 heteroatoms. The molecule has 25 heavy (non-hydrogen) atoms. The van der Waals surface area contributed by atoms with Crippen molar-refractivity contribution in [3.63, 3.8) is 0 Å². The third kappa shape index (κ3) is 2.93. The van der Waals surface area contributed by atoms with Crippen LogP contribution in [0, 0.1) is 0 Å². The molecule has 1 aliphatic rings. The molecule has 124 valence electrons. The summed E-state index contributed by atoms with van der Waals surface area (Å²) in [4.78, 5) is 15.1. The molecule has 0 saturated carbocycles. The quantitative estimate of drug-likeness (QED) is 0.602. The van der Waals surface area contributed by atoms with Crippen LogP contribution >= 0.6 is 11.6 Å². The molecule has 0 atom stereocenters. The number of nitrogens with zero attached hydrogens (tertiary/aromatic N) is 1. The Kier molecular flexibility index (Phi) is 4.26. The van der Waals surface area contributed by atoms with E-state index in [4.69, 9.17) is 16.3 Å². The van der Waals surface area contributed by atoms with Crippen molar-refractivity contribution in [3.8, 4) is 5.75 Å². The maximum atomic E-state index is 13.3. The van der Waals surface area contributed by atoms with Crippen LogP contribution in [-0.2, 0) is 0 Å². The summed E-state index contributed by atoms with van der Waals surface area (Å²) < 4.78 is 7.52. The van der Waals surface area contributed by atoms with E-state index in [1.54, 1.807) is 36.3 Å². The van der Waals surface area contributed by atoms with Gasteiger partial charge in [0.1, 0.15) is 0 Å². The fraction of sp³-hybridized carbons (Fsp3) is 0.0500. The Hall–Kier alpha value is -2.26. The third-order valence-corrected chi connectivity index (χ3v) is 6.63. The van der Waals surface area contributed by atoms with E-state index in [1.807, 2.05) is 36.4 Å². The first-order valence-corrected chi connectivity index (χ1v) is 9.81. The van der Waals surface area contributed by atoms with Crippen molar-refractivity contribution >= 4 is 52.8 Å². The molecule has 1 heterocycles. The second-order valence-electron chi connectivity index (χ2n) is 5.55. The molecule has 3 aromatic carbocycles. The van der Waals surface area contributed by atoms with Crippen LogP contribution in [0.1, 0.15) is 10.4 Å². The molecule has 0 N–H and O–H groups in total. The van der Waals surface area contributed by atoms with Gasteiger partial charge in [-0.1, -0.05) is 0 Å². The number of fused-ring (bicyclic) bond motifs is 2. The molecule has 3 nitrogen and oxygen atoms in total. The van der Waals surface area contributed by atoms with Crippen molar-refractivity contribution in [2.45, 2.75) is 0 Å². The summed E-state index contributed by atoms with van der Waals surface area (Å²) in [5.74, 6) is 0.650. The summed E-state index contributed by atoms with van der Waals surface area (Å²) in [5.41, 5.74) is 2.40. The van der Waals surface area contributed by atoms with Crippen LogP contribution in [0.3, 0.4) is 0 Å². The average Bonchev–Trinajstić information content (AvgIpc) is 2.66. The van der Waals surface area contributed by atoms with E-state index >= 15 is 0 Å². The van der Waals surface area contributed by atoms with E-state index in [0.29, 0.717) is 10.6 Å². The number of ether oxygens (including phenoxy) is 1. The number of anilines is 2. The fourth-order valence-corrected chi connectivity index (χ4v) is 5.15. The minimum absolute atomic E-state index is 0.0749. The van der Waals surface area contributed by atoms with Crippen LogP contribution in [0.25, 0.3) is 0 Å². The Morgan fingerprint density at radius 1 is 0.960 bits per heavy atom. The van der Waals surface area contributed by atoms with Gasteiger partial charge < -0.3 is 0 Å². The van der Waals surface area contributed by atoms with Crippen molar-refractivity contribution < 1.29 is 9.53 Å². The Bertz CT molecular complexity index is 956. The summed E-state index contributed by atoms with van der Waals surface area (Å²) >= 11 is 6.36. The van der Waals surface area contributed by atoms with Crippen molar-refractivity contribution in [1.82, 2.24) is 0 Å². The Balaban J connectivity index is 1.85. The predicted octanol–water partition coefficient (Wildman–Crippen LogP) is 3.30. The molecule has 3 aromatic rings. The first-order valence-electron chi connectivity index (χ1n) is 7.72. The number of hydrogen-bond donors (Lipinski definition) is 0. The molecular weight excluding hydrogens is 401 g/mol. The number of amides is 1. The monoisotopic (exact) mass is 415 g/mol. The van der Waals surface area contributed by atoms with Gasteiger partial charge in [-0.2, -0.15) is 0 Å². The third-order valence-electron chi connectivity index (χ3n) is 4.03. The Morgan fingerprint density at radius 2 is 1.68 bits per heavy atom. The van der Waals surface area contributed by atoms with Crippen molar-refractivity contribution in [2.75, 3.05) is 12.0 Å². The van der Waals surface area contributed by atoms with E-state index in [-0.39, 0.29) is 20.9 Å². The molecule has 0 fully saturated rings. The van der Waals surface area contributed by atoms with Crippen molar-refractivity contribution in [2.24, 2.45) is 0 Å². The Labute approximate surface area is 157 Å². The van der Waals surface area contributed by atoms with Gasteiger partial charge in [0.15, 0.2) is 0 Å². The van der Waals surface area contributed by atoms with Crippen LogP contribution < -0.4 is 18.6 Å². The molecule has 0 bridgehead atoms. The SMILES string of the molecule is COc1ccc(C(=O)N2c3ccccc3[Se]c3ccc(Cl)cc32)cc1. The van der Waals surface area contributed by atoms with Crippen LogP contribution in [0.15, 0.2) is 66.7 Å². The van der Waals surface area contributed by atoms with Gasteiger partial charge in [0.25, 0.3) is 0 Å². The number of methoxy groups -OCH3 is 1. The van der Waals surface area contributed by atoms with Crippen molar-refractivity contribution in [3.05, 3.63) is 77.3 Å². The number of carbonyl (C=O) groups is 1. The van der Waals surface area contributed by atoms with E-state index < -0.39 is 0 Å². The summed E-state index contributed by atoms with van der Waals surface area (Å²) in [7, 11) is 1.61. The van der Waals surface area contributed by atoms with Gasteiger partial charge >= 0.3 is 157 Å². The minimum atomic E-state index is -0.0749. The maximum absolute atomic E-state index is 13.3. The van der Waals surface area contributed by atoms with Gasteiger partial charge in [-0.25, -0.2) is 0 Å². The molecule has 0 unspecified atom stereocenters. The number of benzene rings is 3. The summed E-state index contributed by atoms with van der Waals surface area (Å²) in [6.07, 6.45) is 0. The van der Waals surface area contributed by atoms with Gasteiger partial charge in [0.05, 0.1) is 0 Å². The number of hydrogen-bond acceptors (Lipinski definition) is 2. The molecule has 1 amide bonds. The molecule has 0 saturated heterocycles. The van der Waals surface area contributed by atoms with Gasteiger partial charge in [-0.15, -0.1) is 0 Å². The molecule has 0 aliphatic carbocycles. The molecular formula is C20H14ClNO2Se. The van der Waals surface area contributed by atoms with Gasteiger partial charge in [0, 0.05) is 0 Å². The van der Waals surface area contributed by atoms with Gasteiger partial charge in [0.2, 0.25) is 0 Å². The second kappa shape index (κ2) is 6.57. The number of carbonyl (C=O) groups excluding carboxylic acids is 1. The molecule has 0 spiro atoms. The van der Waals surface area contributed by atoms with Crippen LogP contribution in [0.2, 0.25) is 5.02 Å². The van der Waals surface area contributed by atoms with Crippen LogP contribution in [0.4, 0.5) is 11.4 Å². The van der Waals surface area contributed by atoms with Crippen molar-refractivity contribution in [1.29, 1.82) is 0 Å². The van der Waals surface area contributed by atoms with E-state index in [0.717, 1.165) is 21.6 Å². The number of rotatable bonds is 2. The number of halogens is 1. The first-order chi connectivity index (χ1) is 12.2. The Morgan fingerprint density at radius 3 is 2.44 bits per heavy atom. The summed E-state index contributed by atoms with van der Waals surface area (Å²) in [6, 6.07) is 21.0. The number of para-hydroxylation sites is 1. The van der Waals surface area contributed by atoms with Gasteiger partial charge in [-0.05, 0) is 0 Å². The molecule has 1 aliphatic heterocycles. The van der Waals surface area contributed by atoms with Crippen LogP contribution in [-0.4, -0.2) is 28.0 Å². The zero-order valence-electron chi connectivity index (χ0n) is 13.4.